The summed E-state index contributed by atoms with van der Waals surface area (Å²) in [5.74, 6) is 0.103. The lowest BCUT2D eigenvalue weighted by atomic mass is 9.99. The first kappa shape index (κ1) is 20.4. The van der Waals surface area contributed by atoms with E-state index < -0.39 is 0 Å². The van der Waals surface area contributed by atoms with Crippen LogP contribution >= 0.6 is 0 Å². The van der Waals surface area contributed by atoms with E-state index in [0.29, 0.717) is 18.0 Å². The Morgan fingerprint density at radius 1 is 1.23 bits per heavy atom. The van der Waals surface area contributed by atoms with Gasteiger partial charge in [0, 0.05) is 36.1 Å². The summed E-state index contributed by atoms with van der Waals surface area (Å²) in [4.78, 5) is 17.5. The number of aromatic nitrogens is 2. The summed E-state index contributed by atoms with van der Waals surface area (Å²) in [5.41, 5.74) is 6.75. The molecule has 156 valence electrons. The fourth-order valence-corrected chi connectivity index (χ4v) is 3.99. The second kappa shape index (κ2) is 8.84. The van der Waals surface area contributed by atoms with Crippen molar-refractivity contribution in [3.05, 3.63) is 65.1 Å². The van der Waals surface area contributed by atoms with Crippen molar-refractivity contribution in [2.75, 3.05) is 18.4 Å². The van der Waals surface area contributed by atoms with Gasteiger partial charge in [0.15, 0.2) is 5.78 Å². The molecule has 1 aliphatic rings. The summed E-state index contributed by atoms with van der Waals surface area (Å²) in [6.07, 6.45) is 8.65. The zero-order valence-electron chi connectivity index (χ0n) is 18.0. The highest BCUT2D eigenvalue weighted by molar-refractivity contribution is 6.24. The topological polar surface area (TPSA) is 58.4 Å². The number of pyridine rings is 1. The van der Waals surface area contributed by atoms with E-state index in [0.717, 1.165) is 59.7 Å². The van der Waals surface area contributed by atoms with E-state index in [1.165, 1.54) is 0 Å². The van der Waals surface area contributed by atoms with E-state index in [1.54, 1.807) is 0 Å². The number of hydrogen-bond acceptors (Lipinski definition) is 4. The Labute approximate surface area is 178 Å². The van der Waals surface area contributed by atoms with Crippen molar-refractivity contribution in [3.8, 4) is 0 Å². The summed E-state index contributed by atoms with van der Waals surface area (Å²) in [6.45, 7) is 8.18. The highest BCUT2D eigenvalue weighted by atomic mass is 16.1. The van der Waals surface area contributed by atoms with E-state index >= 15 is 0 Å². The second-order valence-corrected chi connectivity index (χ2v) is 8.17. The third-order valence-electron chi connectivity index (χ3n) is 5.79. The number of rotatable bonds is 6. The maximum absolute atomic E-state index is 12.8. The molecule has 3 heterocycles. The van der Waals surface area contributed by atoms with Crippen LogP contribution < -0.4 is 10.6 Å². The monoisotopic (exact) mass is 402 g/mol. The molecule has 4 rings (SSSR count). The van der Waals surface area contributed by atoms with Crippen LogP contribution in [0.4, 0.5) is 5.69 Å². The van der Waals surface area contributed by atoms with E-state index in [2.05, 4.69) is 35.8 Å². The maximum atomic E-state index is 12.8. The summed E-state index contributed by atoms with van der Waals surface area (Å²) in [6, 6.07) is 11.0. The number of allylic oxidation sites excluding steroid dienone is 1. The van der Waals surface area contributed by atoms with Crippen LogP contribution in [0.15, 0.2) is 42.7 Å². The van der Waals surface area contributed by atoms with Crippen molar-refractivity contribution in [1.82, 2.24) is 14.7 Å². The molecule has 1 aliphatic heterocycles. The van der Waals surface area contributed by atoms with Crippen LogP contribution in [0.1, 0.15) is 48.6 Å². The first-order valence-electron chi connectivity index (χ1n) is 10.8. The Kier molecular flexibility index (Phi) is 6.00. The van der Waals surface area contributed by atoms with Crippen molar-refractivity contribution in [3.63, 3.8) is 0 Å². The number of imidazole rings is 1. The van der Waals surface area contributed by atoms with Crippen LogP contribution in [0.25, 0.3) is 17.3 Å². The van der Waals surface area contributed by atoms with Crippen LogP contribution in [0.2, 0.25) is 0 Å². The van der Waals surface area contributed by atoms with Crippen LogP contribution in [0.5, 0.6) is 0 Å². The van der Waals surface area contributed by atoms with Crippen molar-refractivity contribution in [1.29, 1.82) is 0 Å². The minimum atomic E-state index is 0.103. The fourth-order valence-electron chi connectivity index (χ4n) is 3.99. The molecular weight excluding hydrogens is 372 g/mol. The van der Waals surface area contributed by atoms with Crippen LogP contribution in [0, 0.1) is 13.8 Å². The van der Waals surface area contributed by atoms with Gasteiger partial charge < -0.3 is 15.0 Å². The predicted octanol–water partition coefficient (Wildman–Crippen LogP) is 4.63. The van der Waals surface area contributed by atoms with Gasteiger partial charge in [-0.05, 0) is 86.8 Å². The second-order valence-electron chi connectivity index (χ2n) is 8.17. The van der Waals surface area contributed by atoms with Gasteiger partial charge >= 0.3 is 0 Å². The average Bonchev–Trinajstić information content (AvgIpc) is 3.16. The van der Waals surface area contributed by atoms with Crippen LogP contribution in [0.3, 0.4) is 0 Å². The molecule has 2 N–H and O–H groups in total. The van der Waals surface area contributed by atoms with E-state index in [4.69, 9.17) is 4.98 Å². The van der Waals surface area contributed by atoms with Gasteiger partial charge in [-0.15, -0.1) is 0 Å². The molecule has 0 unspecified atom stereocenters. The number of aryl methyl sites for hydroxylation is 2. The summed E-state index contributed by atoms with van der Waals surface area (Å²) in [7, 11) is 0. The molecule has 0 saturated carbocycles. The Morgan fingerprint density at radius 2 is 2.03 bits per heavy atom. The number of fused-ring (bicyclic) bond motifs is 1. The standard InChI is InChI=1S/C25H30N4O/c1-4-24(30)22(23-16-29-12-9-17(2)13-25(29)28-23)15-19-5-6-21(14-18(19)3)27-20-7-10-26-11-8-20/h5-6,9,12-16,20,26-27H,4,7-8,10-11H2,1-3H3/b22-15-. The Balaban J connectivity index is 1.65. The van der Waals surface area contributed by atoms with Gasteiger partial charge in [-0.3, -0.25) is 4.79 Å². The fraction of sp³-hybridized carbons (Fsp3) is 0.360. The molecule has 0 aliphatic carbocycles. The summed E-state index contributed by atoms with van der Waals surface area (Å²) < 4.78 is 1.97. The van der Waals surface area contributed by atoms with Crippen molar-refractivity contribution >= 4 is 28.8 Å². The lowest BCUT2D eigenvalue weighted by Crippen LogP contribution is -2.35. The van der Waals surface area contributed by atoms with Crippen LogP contribution in [-0.4, -0.2) is 34.3 Å². The first-order chi connectivity index (χ1) is 14.5. The predicted molar refractivity (Wildman–Crippen MR) is 124 cm³/mol. The third kappa shape index (κ3) is 4.46. The number of ketones is 1. The molecule has 1 aromatic carbocycles. The number of carbonyl (C=O) groups excluding carboxylic acids is 1. The Morgan fingerprint density at radius 3 is 2.77 bits per heavy atom. The number of anilines is 1. The normalized spacial score (nSPS) is 15.5. The quantitative estimate of drug-likeness (QED) is 0.590. The van der Waals surface area contributed by atoms with E-state index in [-0.39, 0.29) is 5.78 Å². The van der Waals surface area contributed by atoms with Crippen LogP contribution in [-0.2, 0) is 4.79 Å². The van der Waals surface area contributed by atoms with Gasteiger partial charge in [-0.2, -0.15) is 0 Å². The SMILES string of the molecule is CCC(=O)/C(=C\c1ccc(NC2CCNCC2)cc1C)c1cn2ccc(C)cc2n1. The number of benzene rings is 1. The molecule has 2 aromatic heterocycles. The zero-order chi connectivity index (χ0) is 21.1. The summed E-state index contributed by atoms with van der Waals surface area (Å²) >= 11 is 0. The molecule has 0 atom stereocenters. The lowest BCUT2D eigenvalue weighted by molar-refractivity contribution is -0.113. The minimum Gasteiger partial charge on any atom is -0.382 e. The molecule has 5 nitrogen and oxygen atoms in total. The largest absolute Gasteiger partial charge is 0.382 e. The number of Topliss-reactive ketones (excluding diaryl/α,β-unsaturated/α-hetero) is 1. The molecule has 0 amide bonds. The van der Waals surface area contributed by atoms with Gasteiger partial charge in [0.2, 0.25) is 0 Å². The highest BCUT2D eigenvalue weighted by Gasteiger charge is 2.16. The van der Waals surface area contributed by atoms with Gasteiger partial charge in [-0.1, -0.05) is 13.0 Å². The highest BCUT2D eigenvalue weighted by Crippen LogP contribution is 2.25. The number of nitrogens with one attached hydrogen (secondary N) is 2. The minimum absolute atomic E-state index is 0.103. The first-order valence-corrected chi connectivity index (χ1v) is 10.8. The van der Waals surface area contributed by atoms with Gasteiger partial charge in [-0.25, -0.2) is 4.98 Å². The van der Waals surface area contributed by atoms with Gasteiger partial charge in [0.25, 0.3) is 0 Å². The van der Waals surface area contributed by atoms with Crippen molar-refractivity contribution < 1.29 is 4.79 Å². The average molecular weight is 403 g/mol. The number of hydrogen-bond donors (Lipinski definition) is 2. The smallest absolute Gasteiger partial charge is 0.164 e. The summed E-state index contributed by atoms with van der Waals surface area (Å²) in [5, 5.41) is 7.05. The maximum Gasteiger partial charge on any atom is 0.164 e. The molecule has 3 aromatic rings. The van der Waals surface area contributed by atoms with Crippen molar-refractivity contribution in [2.24, 2.45) is 0 Å². The lowest BCUT2D eigenvalue weighted by Gasteiger charge is -2.25. The number of nitrogens with zero attached hydrogens (tertiary/aromatic N) is 2. The van der Waals surface area contributed by atoms with Gasteiger partial charge in [0.05, 0.1) is 5.69 Å². The third-order valence-corrected chi connectivity index (χ3v) is 5.79. The number of carbonyl (C=O) groups is 1. The molecule has 0 bridgehead atoms. The van der Waals surface area contributed by atoms with Gasteiger partial charge in [0.1, 0.15) is 5.65 Å². The van der Waals surface area contributed by atoms with Crippen molar-refractivity contribution in [2.45, 2.75) is 46.1 Å². The molecule has 30 heavy (non-hydrogen) atoms. The molecular formula is C25H30N4O. The van der Waals surface area contributed by atoms with E-state index in [1.807, 2.05) is 48.9 Å². The number of piperidine rings is 1. The Bertz CT molecular complexity index is 1090. The zero-order valence-corrected chi connectivity index (χ0v) is 18.0. The molecule has 0 radical (unpaired) electrons. The molecule has 5 heteroatoms. The molecule has 0 spiro atoms. The Hall–Kier alpha value is -2.92. The molecule has 1 saturated heterocycles. The van der Waals surface area contributed by atoms with E-state index in [9.17, 15) is 4.79 Å². The molecule has 1 fully saturated rings.